The average Bonchev–Trinajstić information content (AvgIpc) is 2.15. The van der Waals surface area contributed by atoms with Crippen LogP contribution in [0, 0.1) is 5.92 Å². The van der Waals surface area contributed by atoms with Gasteiger partial charge in [-0.1, -0.05) is 47.4 Å². The van der Waals surface area contributed by atoms with Crippen LogP contribution in [0.1, 0.15) is 26.3 Å². The van der Waals surface area contributed by atoms with Crippen LogP contribution >= 0.6 is 27.5 Å². The first kappa shape index (κ1) is 13.0. The zero-order valence-corrected chi connectivity index (χ0v) is 11.7. The highest BCUT2D eigenvalue weighted by atomic mass is 79.9. The second-order valence-corrected chi connectivity index (χ2v) is 5.47. The minimum absolute atomic E-state index is 0.504. The van der Waals surface area contributed by atoms with Crippen LogP contribution in [0.4, 0.5) is 0 Å². The molecule has 84 valence electrons. The molecule has 0 amide bonds. The van der Waals surface area contributed by atoms with E-state index in [2.05, 4.69) is 42.0 Å². The van der Waals surface area contributed by atoms with E-state index in [0.29, 0.717) is 12.0 Å². The first-order chi connectivity index (χ1) is 7.00. The Bertz CT molecular complexity index is 325. The van der Waals surface area contributed by atoms with Gasteiger partial charge in [-0.3, -0.25) is 0 Å². The molecule has 1 N–H and O–H groups in total. The van der Waals surface area contributed by atoms with E-state index in [1.807, 2.05) is 18.2 Å². The summed E-state index contributed by atoms with van der Waals surface area (Å²) in [6.45, 7) is 7.44. The summed E-state index contributed by atoms with van der Waals surface area (Å²) in [5.74, 6) is 0.638. The van der Waals surface area contributed by atoms with E-state index in [9.17, 15) is 0 Å². The molecule has 3 heteroatoms. The summed E-state index contributed by atoms with van der Waals surface area (Å²) in [7, 11) is 0. The predicted octanol–water partition coefficient (Wildman–Crippen LogP) is 4.24. The van der Waals surface area contributed by atoms with Gasteiger partial charge in [0.1, 0.15) is 0 Å². The first-order valence-electron chi connectivity index (χ1n) is 5.18. The fourth-order valence-electron chi connectivity index (χ4n) is 1.17. The van der Waals surface area contributed by atoms with Crippen molar-refractivity contribution in [2.24, 2.45) is 5.92 Å². The molecule has 1 rings (SSSR count). The third-order valence-electron chi connectivity index (χ3n) is 2.63. The average molecular weight is 291 g/mol. The highest BCUT2D eigenvalue weighted by molar-refractivity contribution is 9.10. The van der Waals surface area contributed by atoms with Crippen molar-refractivity contribution >= 4 is 27.5 Å². The summed E-state index contributed by atoms with van der Waals surface area (Å²) < 4.78 is 1.02. The predicted molar refractivity (Wildman–Crippen MR) is 70.3 cm³/mol. The summed E-state index contributed by atoms with van der Waals surface area (Å²) in [6, 6.07) is 6.50. The van der Waals surface area contributed by atoms with E-state index in [4.69, 9.17) is 11.6 Å². The van der Waals surface area contributed by atoms with Crippen molar-refractivity contribution in [1.82, 2.24) is 5.32 Å². The van der Waals surface area contributed by atoms with Gasteiger partial charge in [0.05, 0.1) is 0 Å². The van der Waals surface area contributed by atoms with Crippen LogP contribution in [0.5, 0.6) is 0 Å². The standard InChI is InChI=1S/C12H17BrClN/c1-8(2)9(3)15-7-10-4-5-11(13)6-12(10)14/h4-6,8-9,15H,7H2,1-3H3. The quantitative estimate of drug-likeness (QED) is 0.875. The number of hydrogen-bond acceptors (Lipinski definition) is 1. The zero-order chi connectivity index (χ0) is 11.4. The maximum Gasteiger partial charge on any atom is 0.0462 e. The number of nitrogens with one attached hydrogen (secondary N) is 1. The molecular formula is C12H17BrClN. The van der Waals surface area contributed by atoms with Gasteiger partial charge in [-0.25, -0.2) is 0 Å². The van der Waals surface area contributed by atoms with Crippen LogP contribution in [-0.2, 0) is 6.54 Å². The van der Waals surface area contributed by atoms with Crippen molar-refractivity contribution in [3.8, 4) is 0 Å². The Morgan fingerprint density at radius 3 is 2.53 bits per heavy atom. The summed E-state index contributed by atoms with van der Waals surface area (Å²) in [5, 5.41) is 4.27. The lowest BCUT2D eigenvalue weighted by molar-refractivity contribution is 0.426. The van der Waals surface area contributed by atoms with E-state index in [1.165, 1.54) is 0 Å². The Morgan fingerprint density at radius 1 is 1.33 bits per heavy atom. The second kappa shape index (κ2) is 5.88. The Labute approximate surface area is 105 Å². The lowest BCUT2D eigenvalue weighted by Gasteiger charge is -2.17. The maximum atomic E-state index is 6.12. The monoisotopic (exact) mass is 289 g/mol. The van der Waals surface area contributed by atoms with Crippen LogP contribution in [0.3, 0.4) is 0 Å². The molecule has 0 heterocycles. The van der Waals surface area contributed by atoms with Crippen LogP contribution in [0.2, 0.25) is 5.02 Å². The van der Waals surface area contributed by atoms with Crippen LogP contribution in [-0.4, -0.2) is 6.04 Å². The highest BCUT2D eigenvalue weighted by Gasteiger charge is 2.07. The Hall–Kier alpha value is -0.0500. The molecule has 0 aliphatic carbocycles. The number of hydrogen-bond donors (Lipinski definition) is 1. The molecular weight excluding hydrogens is 273 g/mol. The molecule has 15 heavy (non-hydrogen) atoms. The molecule has 0 saturated carbocycles. The zero-order valence-electron chi connectivity index (χ0n) is 9.35. The highest BCUT2D eigenvalue weighted by Crippen LogP contribution is 2.21. The van der Waals surface area contributed by atoms with Crippen molar-refractivity contribution in [1.29, 1.82) is 0 Å². The van der Waals surface area contributed by atoms with E-state index < -0.39 is 0 Å². The van der Waals surface area contributed by atoms with E-state index in [1.54, 1.807) is 0 Å². The van der Waals surface area contributed by atoms with E-state index in [0.717, 1.165) is 21.6 Å². The Balaban J connectivity index is 2.58. The van der Waals surface area contributed by atoms with Crippen LogP contribution < -0.4 is 5.32 Å². The SMILES string of the molecule is CC(C)C(C)NCc1ccc(Br)cc1Cl. The normalized spacial score (nSPS) is 13.2. The summed E-state index contributed by atoms with van der Waals surface area (Å²) in [6.07, 6.45) is 0. The molecule has 1 nitrogen and oxygen atoms in total. The van der Waals surface area contributed by atoms with Gasteiger partial charge in [0, 0.05) is 22.1 Å². The van der Waals surface area contributed by atoms with Gasteiger partial charge >= 0.3 is 0 Å². The third-order valence-corrected chi connectivity index (χ3v) is 3.47. The molecule has 0 aliphatic rings. The molecule has 0 spiro atoms. The maximum absolute atomic E-state index is 6.12. The molecule has 0 bridgehead atoms. The fraction of sp³-hybridized carbons (Fsp3) is 0.500. The largest absolute Gasteiger partial charge is 0.310 e. The van der Waals surface area contributed by atoms with Gasteiger partial charge < -0.3 is 5.32 Å². The summed E-state index contributed by atoms with van der Waals surface area (Å²) in [5.41, 5.74) is 1.15. The molecule has 1 atom stereocenters. The van der Waals surface area contributed by atoms with Crippen molar-refractivity contribution < 1.29 is 0 Å². The van der Waals surface area contributed by atoms with Crippen LogP contribution in [0.25, 0.3) is 0 Å². The van der Waals surface area contributed by atoms with Crippen molar-refractivity contribution in [3.05, 3.63) is 33.3 Å². The first-order valence-corrected chi connectivity index (χ1v) is 6.35. The van der Waals surface area contributed by atoms with Gasteiger partial charge in [0.25, 0.3) is 0 Å². The van der Waals surface area contributed by atoms with E-state index >= 15 is 0 Å². The molecule has 0 radical (unpaired) electrons. The Kier molecular flexibility index (Phi) is 5.10. The van der Waals surface area contributed by atoms with Crippen molar-refractivity contribution in [2.45, 2.75) is 33.4 Å². The van der Waals surface area contributed by atoms with Gasteiger partial charge in [0.15, 0.2) is 0 Å². The molecule has 1 aromatic rings. The third kappa shape index (κ3) is 4.13. The lowest BCUT2D eigenvalue weighted by atomic mass is 10.1. The molecule has 1 unspecified atom stereocenters. The number of halogens is 2. The van der Waals surface area contributed by atoms with Gasteiger partial charge in [-0.05, 0) is 30.5 Å². The summed E-state index contributed by atoms with van der Waals surface area (Å²) >= 11 is 9.52. The molecule has 0 aromatic heterocycles. The molecule has 0 saturated heterocycles. The number of rotatable bonds is 4. The minimum Gasteiger partial charge on any atom is -0.310 e. The van der Waals surface area contributed by atoms with Gasteiger partial charge in [-0.2, -0.15) is 0 Å². The van der Waals surface area contributed by atoms with Crippen molar-refractivity contribution in [3.63, 3.8) is 0 Å². The Morgan fingerprint density at radius 2 is 2.00 bits per heavy atom. The van der Waals surface area contributed by atoms with E-state index in [-0.39, 0.29) is 0 Å². The molecule has 0 fully saturated rings. The molecule has 0 aliphatic heterocycles. The lowest BCUT2D eigenvalue weighted by Crippen LogP contribution is -2.30. The summed E-state index contributed by atoms with van der Waals surface area (Å²) in [4.78, 5) is 0. The molecule has 1 aromatic carbocycles. The van der Waals surface area contributed by atoms with Gasteiger partial charge in [-0.15, -0.1) is 0 Å². The van der Waals surface area contributed by atoms with Crippen LogP contribution in [0.15, 0.2) is 22.7 Å². The fourth-order valence-corrected chi connectivity index (χ4v) is 1.91. The smallest absolute Gasteiger partial charge is 0.0462 e. The van der Waals surface area contributed by atoms with Crippen molar-refractivity contribution in [2.75, 3.05) is 0 Å². The van der Waals surface area contributed by atoms with Gasteiger partial charge in [0.2, 0.25) is 0 Å². The second-order valence-electron chi connectivity index (χ2n) is 4.15. The number of benzene rings is 1. The topological polar surface area (TPSA) is 12.0 Å². The minimum atomic E-state index is 0.504.